The van der Waals surface area contributed by atoms with Crippen molar-refractivity contribution in [1.82, 2.24) is 5.32 Å². The molecule has 0 fully saturated rings. The first-order chi connectivity index (χ1) is 19.9. The standard InChI is InChI=1S/C34H36N2O4S/c1-24-9-7-8-12-29(24)31-21-26(13-18-30(31)33(37)35-32(34(38)39)19-20-41-3)23-36(22-25-10-5-4-6-11-25)27-14-16-28(40-2)17-15-27/h4-18,21,32H,19-20,22-23H2,1-3H3,(H,35,37)(H,38,39). The number of rotatable bonds is 13. The van der Waals surface area contributed by atoms with E-state index in [0.717, 1.165) is 33.7 Å². The lowest BCUT2D eigenvalue weighted by molar-refractivity contribution is -0.139. The van der Waals surface area contributed by atoms with Gasteiger partial charge >= 0.3 is 5.97 Å². The molecule has 0 aromatic heterocycles. The molecule has 6 nitrogen and oxygen atoms in total. The topological polar surface area (TPSA) is 78.9 Å². The van der Waals surface area contributed by atoms with Crippen molar-refractivity contribution in [2.24, 2.45) is 0 Å². The fraction of sp³-hybridized carbons (Fsp3) is 0.235. The second-order valence-corrected chi connectivity index (χ2v) is 10.9. The summed E-state index contributed by atoms with van der Waals surface area (Å²) in [5.41, 5.74) is 6.47. The molecule has 4 aromatic rings. The molecule has 1 atom stereocenters. The van der Waals surface area contributed by atoms with Crippen LogP contribution in [0.15, 0.2) is 97.1 Å². The molecule has 0 aliphatic rings. The summed E-state index contributed by atoms with van der Waals surface area (Å²) in [7, 11) is 1.66. The normalized spacial score (nSPS) is 11.5. The molecule has 41 heavy (non-hydrogen) atoms. The number of nitrogens with one attached hydrogen (secondary N) is 1. The Kier molecular flexibility index (Phi) is 10.5. The molecule has 4 aromatic carbocycles. The van der Waals surface area contributed by atoms with Crippen molar-refractivity contribution in [2.45, 2.75) is 32.5 Å². The van der Waals surface area contributed by atoms with E-state index in [2.05, 4.69) is 28.4 Å². The van der Waals surface area contributed by atoms with Gasteiger partial charge in [-0.05, 0) is 89.6 Å². The molecule has 0 aliphatic heterocycles. The number of anilines is 1. The van der Waals surface area contributed by atoms with Crippen molar-refractivity contribution < 1.29 is 19.4 Å². The van der Waals surface area contributed by atoms with Gasteiger partial charge in [-0.15, -0.1) is 0 Å². The van der Waals surface area contributed by atoms with Gasteiger partial charge in [0.2, 0.25) is 0 Å². The molecule has 0 bridgehead atoms. The number of carbonyl (C=O) groups excluding carboxylic acids is 1. The third kappa shape index (κ3) is 7.92. The molecule has 2 N–H and O–H groups in total. The summed E-state index contributed by atoms with van der Waals surface area (Å²) in [6.45, 7) is 3.32. The molecule has 7 heteroatoms. The summed E-state index contributed by atoms with van der Waals surface area (Å²) in [6, 6.07) is 31.1. The predicted octanol–water partition coefficient (Wildman–Crippen LogP) is 6.81. The van der Waals surface area contributed by atoms with Gasteiger partial charge in [0, 0.05) is 24.3 Å². The van der Waals surface area contributed by atoms with Gasteiger partial charge in [0.15, 0.2) is 0 Å². The Labute approximate surface area is 246 Å². The molecule has 4 rings (SSSR count). The number of hydrogen-bond donors (Lipinski definition) is 2. The SMILES string of the molecule is COc1ccc(N(Cc2ccccc2)Cc2ccc(C(=O)NC(CCSC)C(=O)O)c(-c3ccccc3C)c2)cc1. The van der Waals surface area contributed by atoms with Crippen molar-refractivity contribution in [3.8, 4) is 16.9 Å². The minimum Gasteiger partial charge on any atom is -0.497 e. The molecule has 0 spiro atoms. The van der Waals surface area contributed by atoms with E-state index in [1.165, 1.54) is 5.56 Å². The van der Waals surface area contributed by atoms with E-state index >= 15 is 0 Å². The van der Waals surface area contributed by atoms with Gasteiger partial charge in [0.05, 0.1) is 7.11 Å². The van der Waals surface area contributed by atoms with Crippen LogP contribution in [-0.4, -0.2) is 42.1 Å². The number of benzene rings is 4. The first-order valence-corrected chi connectivity index (χ1v) is 14.9. The first-order valence-electron chi connectivity index (χ1n) is 13.5. The summed E-state index contributed by atoms with van der Waals surface area (Å²) in [4.78, 5) is 27.6. The minimum atomic E-state index is -1.03. The number of ether oxygens (including phenoxy) is 1. The van der Waals surface area contributed by atoms with Crippen molar-refractivity contribution in [1.29, 1.82) is 0 Å². The number of hydrogen-bond acceptors (Lipinski definition) is 5. The van der Waals surface area contributed by atoms with Crippen LogP contribution in [-0.2, 0) is 17.9 Å². The number of carboxylic acid groups (broad SMARTS) is 1. The summed E-state index contributed by atoms with van der Waals surface area (Å²) in [6.07, 6.45) is 2.28. The minimum absolute atomic E-state index is 0.357. The van der Waals surface area contributed by atoms with Crippen molar-refractivity contribution in [3.63, 3.8) is 0 Å². The third-order valence-electron chi connectivity index (χ3n) is 7.01. The van der Waals surface area contributed by atoms with Gasteiger partial charge in [-0.25, -0.2) is 4.79 Å². The van der Waals surface area contributed by atoms with E-state index in [4.69, 9.17) is 4.74 Å². The van der Waals surface area contributed by atoms with Crippen LogP contribution < -0.4 is 15.0 Å². The lowest BCUT2D eigenvalue weighted by atomic mass is 9.93. The molecule has 0 aliphatic carbocycles. The number of carbonyl (C=O) groups is 2. The summed E-state index contributed by atoms with van der Waals surface area (Å²) in [5.74, 6) is 0.0172. The van der Waals surface area contributed by atoms with Gasteiger partial charge < -0.3 is 20.1 Å². The average molecular weight is 569 g/mol. The lowest BCUT2D eigenvalue weighted by Gasteiger charge is -2.26. The van der Waals surface area contributed by atoms with Gasteiger partial charge in [-0.1, -0.05) is 60.7 Å². The number of carboxylic acids is 1. The maximum Gasteiger partial charge on any atom is 0.326 e. The van der Waals surface area contributed by atoms with Crippen LogP contribution in [0.3, 0.4) is 0 Å². The van der Waals surface area contributed by atoms with Crippen LogP contribution in [0.25, 0.3) is 11.1 Å². The molecule has 1 amide bonds. The second-order valence-electron chi connectivity index (χ2n) is 9.88. The summed E-state index contributed by atoms with van der Waals surface area (Å²) < 4.78 is 5.37. The van der Waals surface area contributed by atoms with E-state index < -0.39 is 12.0 Å². The molecular formula is C34H36N2O4S. The van der Waals surface area contributed by atoms with E-state index in [1.807, 2.05) is 92.0 Å². The molecule has 212 valence electrons. The highest BCUT2D eigenvalue weighted by Gasteiger charge is 2.23. The quantitative estimate of drug-likeness (QED) is 0.184. The maximum atomic E-state index is 13.5. The highest BCUT2D eigenvalue weighted by Crippen LogP contribution is 2.30. The number of aliphatic carboxylic acids is 1. The fourth-order valence-corrected chi connectivity index (χ4v) is 5.24. The zero-order valence-corrected chi connectivity index (χ0v) is 24.5. The Bertz CT molecular complexity index is 1460. The Hall–Kier alpha value is -4.23. The van der Waals surface area contributed by atoms with E-state index in [0.29, 0.717) is 30.8 Å². The highest BCUT2D eigenvalue weighted by atomic mass is 32.2. The fourth-order valence-electron chi connectivity index (χ4n) is 4.77. The van der Waals surface area contributed by atoms with Crippen LogP contribution in [0, 0.1) is 6.92 Å². The van der Waals surface area contributed by atoms with E-state index in [1.54, 1.807) is 18.9 Å². The van der Waals surface area contributed by atoms with E-state index in [-0.39, 0.29) is 5.91 Å². The van der Waals surface area contributed by atoms with Gasteiger partial charge in [-0.2, -0.15) is 11.8 Å². The highest BCUT2D eigenvalue weighted by molar-refractivity contribution is 7.98. The largest absolute Gasteiger partial charge is 0.497 e. The number of methoxy groups -OCH3 is 1. The number of nitrogens with zero attached hydrogens (tertiary/aromatic N) is 1. The van der Waals surface area contributed by atoms with Gasteiger partial charge in [-0.3, -0.25) is 4.79 Å². The number of aryl methyl sites for hydroxylation is 1. The Balaban J connectivity index is 1.71. The molecule has 0 saturated carbocycles. The maximum absolute atomic E-state index is 13.5. The van der Waals surface area contributed by atoms with Gasteiger partial charge in [0.1, 0.15) is 11.8 Å². The Morgan fingerprint density at radius 2 is 1.56 bits per heavy atom. The molecule has 0 radical (unpaired) electrons. The van der Waals surface area contributed by atoms with Crippen LogP contribution in [0.1, 0.15) is 33.5 Å². The first kappa shape index (κ1) is 29.7. The smallest absolute Gasteiger partial charge is 0.326 e. The van der Waals surface area contributed by atoms with Crippen LogP contribution >= 0.6 is 11.8 Å². The predicted molar refractivity (Wildman–Crippen MR) is 168 cm³/mol. The van der Waals surface area contributed by atoms with Gasteiger partial charge in [0.25, 0.3) is 5.91 Å². The second kappa shape index (κ2) is 14.4. The number of thioether (sulfide) groups is 1. The monoisotopic (exact) mass is 568 g/mol. The molecular weight excluding hydrogens is 532 g/mol. The molecule has 0 heterocycles. The van der Waals surface area contributed by atoms with Crippen LogP contribution in [0.4, 0.5) is 5.69 Å². The summed E-state index contributed by atoms with van der Waals surface area (Å²) in [5, 5.41) is 12.4. The van der Waals surface area contributed by atoms with Crippen LogP contribution in [0.2, 0.25) is 0 Å². The van der Waals surface area contributed by atoms with Crippen molar-refractivity contribution in [2.75, 3.05) is 24.0 Å². The Morgan fingerprint density at radius 1 is 0.878 bits per heavy atom. The van der Waals surface area contributed by atoms with Crippen LogP contribution in [0.5, 0.6) is 5.75 Å². The third-order valence-corrected chi connectivity index (χ3v) is 7.65. The van der Waals surface area contributed by atoms with Crippen molar-refractivity contribution in [3.05, 3.63) is 119 Å². The zero-order chi connectivity index (χ0) is 29.2. The zero-order valence-electron chi connectivity index (χ0n) is 23.7. The average Bonchev–Trinajstić information content (AvgIpc) is 2.99. The van der Waals surface area contributed by atoms with Crippen molar-refractivity contribution >= 4 is 29.3 Å². The molecule has 0 saturated heterocycles. The lowest BCUT2D eigenvalue weighted by Crippen LogP contribution is -2.41. The Morgan fingerprint density at radius 3 is 2.22 bits per heavy atom. The van der Waals surface area contributed by atoms with E-state index in [9.17, 15) is 14.7 Å². The number of amides is 1. The summed E-state index contributed by atoms with van der Waals surface area (Å²) >= 11 is 1.55. The molecule has 1 unspecified atom stereocenters.